The molecule has 1 heterocycles. The first-order chi connectivity index (χ1) is 10.4. The van der Waals surface area contributed by atoms with Gasteiger partial charge in [0.05, 0.1) is 17.4 Å². The van der Waals surface area contributed by atoms with Gasteiger partial charge >= 0.3 is 5.97 Å². The zero-order valence-electron chi connectivity index (χ0n) is 13.3. The highest BCUT2D eigenvalue weighted by atomic mass is 16.5. The number of nitrogens with one attached hydrogen (secondary N) is 1. The van der Waals surface area contributed by atoms with Gasteiger partial charge in [-0.25, -0.2) is 4.98 Å². The van der Waals surface area contributed by atoms with Crippen molar-refractivity contribution < 1.29 is 9.53 Å². The van der Waals surface area contributed by atoms with Gasteiger partial charge in [0.1, 0.15) is 5.75 Å². The molecule has 116 valence electrons. The number of carbonyl (C=O) groups is 1. The Morgan fingerprint density at radius 3 is 2.91 bits per heavy atom. The van der Waals surface area contributed by atoms with E-state index >= 15 is 0 Å². The van der Waals surface area contributed by atoms with Crippen molar-refractivity contribution >= 4 is 5.97 Å². The monoisotopic (exact) mass is 298 g/mol. The van der Waals surface area contributed by atoms with Crippen LogP contribution in [-0.4, -0.2) is 15.9 Å². The van der Waals surface area contributed by atoms with Gasteiger partial charge in [-0.3, -0.25) is 4.79 Å². The highest BCUT2D eigenvalue weighted by Crippen LogP contribution is 2.37. The summed E-state index contributed by atoms with van der Waals surface area (Å²) in [5.41, 5.74) is 3.24. The minimum Gasteiger partial charge on any atom is -0.426 e. The Kier molecular flexibility index (Phi) is 3.77. The molecule has 0 aliphatic heterocycles. The number of hydrogen-bond acceptors (Lipinski definition) is 3. The van der Waals surface area contributed by atoms with E-state index in [1.807, 2.05) is 39.1 Å². The first-order valence-corrected chi connectivity index (χ1v) is 7.76. The Balaban J connectivity index is 1.79. The van der Waals surface area contributed by atoms with Crippen LogP contribution >= 0.6 is 0 Å². The van der Waals surface area contributed by atoms with Crippen LogP contribution in [-0.2, 0) is 17.6 Å². The van der Waals surface area contributed by atoms with E-state index in [4.69, 9.17) is 4.74 Å². The van der Waals surface area contributed by atoms with Crippen molar-refractivity contribution in [2.45, 2.75) is 46.0 Å². The highest BCUT2D eigenvalue weighted by Gasteiger charge is 2.26. The molecule has 1 atom stereocenters. The maximum atomic E-state index is 12.0. The smallest absolute Gasteiger partial charge is 0.316 e. The van der Waals surface area contributed by atoms with Gasteiger partial charge in [-0.05, 0) is 69.2 Å². The quantitative estimate of drug-likeness (QED) is 0.695. The first kappa shape index (κ1) is 14.8. The van der Waals surface area contributed by atoms with E-state index in [0.717, 1.165) is 25.0 Å². The molecule has 1 aromatic carbocycles. The third kappa shape index (κ3) is 3.06. The van der Waals surface area contributed by atoms with Crippen LogP contribution in [0, 0.1) is 5.41 Å². The number of esters is 1. The molecule has 1 unspecified atom stereocenters. The fraction of sp³-hybridized carbons (Fsp3) is 0.444. The Morgan fingerprint density at radius 2 is 2.23 bits per heavy atom. The standard InChI is InChI=1S/C18H22N2O2/c1-18(2,3)17(21)22-15-7-6-12-4-5-13(16(12)9-15)8-14-10-19-11-20-14/h6-7,9-11,13H,4-5,8H2,1-3H3,(H,19,20). The number of rotatable bonds is 3. The number of nitrogens with zero attached hydrogens (tertiary/aromatic N) is 1. The van der Waals surface area contributed by atoms with E-state index < -0.39 is 5.41 Å². The van der Waals surface area contributed by atoms with E-state index in [2.05, 4.69) is 16.0 Å². The van der Waals surface area contributed by atoms with Crippen molar-refractivity contribution in [3.63, 3.8) is 0 Å². The van der Waals surface area contributed by atoms with Crippen LogP contribution in [0.2, 0.25) is 0 Å². The Labute approximate surface area is 130 Å². The van der Waals surface area contributed by atoms with Crippen molar-refractivity contribution in [1.29, 1.82) is 0 Å². The Morgan fingerprint density at radius 1 is 1.41 bits per heavy atom. The van der Waals surface area contributed by atoms with Crippen LogP contribution in [0.25, 0.3) is 0 Å². The second-order valence-electron chi connectivity index (χ2n) is 7.00. The van der Waals surface area contributed by atoms with E-state index in [0.29, 0.717) is 11.7 Å². The fourth-order valence-electron chi connectivity index (χ4n) is 2.86. The number of imidazole rings is 1. The SMILES string of the molecule is CC(C)(C)C(=O)Oc1ccc2c(c1)C(Cc1c[nH]cn1)CC2. The molecule has 1 aliphatic rings. The number of ether oxygens (including phenoxy) is 1. The summed E-state index contributed by atoms with van der Waals surface area (Å²) >= 11 is 0. The number of fused-ring (bicyclic) bond motifs is 1. The average Bonchev–Trinajstić information content (AvgIpc) is 3.09. The number of aryl methyl sites for hydroxylation is 1. The van der Waals surface area contributed by atoms with E-state index in [1.165, 1.54) is 11.1 Å². The van der Waals surface area contributed by atoms with Gasteiger partial charge in [0, 0.05) is 6.20 Å². The number of benzene rings is 1. The highest BCUT2D eigenvalue weighted by molar-refractivity contribution is 5.77. The molecule has 1 N–H and O–H groups in total. The molecule has 1 aromatic heterocycles. The largest absolute Gasteiger partial charge is 0.426 e. The lowest BCUT2D eigenvalue weighted by atomic mass is 9.96. The predicted molar refractivity (Wildman–Crippen MR) is 84.9 cm³/mol. The zero-order chi connectivity index (χ0) is 15.7. The van der Waals surface area contributed by atoms with E-state index in [-0.39, 0.29) is 5.97 Å². The van der Waals surface area contributed by atoms with Crippen molar-refractivity contribution in [3.05, 3.63) is 47.5 Å². The molecule has 0 saturated heterocycles. The van der Waals surface area contributed by atoms with Gasteiger partial charge in [-0.1, -0.05) is 6.07 Å². The van der Waals surface area contributed by atoms with Crippen molar-refractivity contribution in [1.82, 2.24) is 9.97 Å². The van der Waals surface area contributed by atoms with Crippen molar-refractivity contribution in [3.8, 4) is 5.75 Å². The summed E-state index contributed by atoms with van der Waals surface area (Å²) in [6.07, 6.45) is 6.79. The lowest BCUT2D eigenvalue weighted by Gasteiger charge is -2.17. The van der Waals surface area contributed by atoms with Crippen LogP contribution in [0.1, 0.15) is 49.9 Å². The van der Waals surface area contributed by atoms with Crippen LogP contribution in [0.3, 0.4) is 0 Å². The second kappa shape index (κ2) is 5.59. The molecule has 3 rings (SSSR count). The number of hydrogen-bond donors (Lipinski definition) is 1. The summed E-state index contributed by atoms with van der Waals surface area (Å²) in [4.78, 5) is 19.4. The van der Waals surface area contributed by atoms with Gasteiger partial charge in [0.25, 0.3) is 0 Å². The maximum Gasteiger partial charge on any atom is 0.316 e. The van der Waals surface area contributed by atoms with Crippen LogP contribution < -0.4 is 4.74 Å². The van der Waals surface area contributed by atoms with Crippen molar-refractivity contribution in [2.24, 2.45) is 5.41 Å². The minimum absolute atomic E-state index is 0.200. The van der Waals surface area contributed by atoms with Gasteiger partial charge in [-0.2, -0.15) is 0 Å². The zero-order valence-corrected chi connectivity index (χ0v) is 13.3. The number of aromatic amines is 1. The molecule has 0 spiro atoms. The second-order valence-corrected chi connectivity index (χ2v) is 7.00. The third-order valence-electron chi connectivity index (χ3n) is 4.15. The molecular weight excluding hydrogens is 276 g/mol. The Hall–Kier alpha value is -2.10. The molecule has 2 aromatic rings. The third-order valence-corrected chi connectivity index (χ3v) is 4.15. The van der Waals surface area contributed by atoms with Gasteiger partial charge < -0.3 is 9.72 Å². The lowest BCUT2D eigenvalue weighted by Crippen LogP contribution is -2.25. The van der Waals surface area contributed by atoms with Crippen LogP contribution in [0.4, 0.5) is 0 Å². The van der Waals surface area contributed by atoms with Gasteiger partial charge in [0.2, 0.25) is 0 Å². The molecule has 0 bridgehead atoms. The van der Waals surface area contributed by atoms with E-state index in [9.17, 15) is 4.79 Å². The summed E-state index contributed by atoms with van der Waals surface area (Å²) in [5, 5.41) is 0. The van der Waals surface area contributed by atoms with Crippen LogP contribution in [0.5, 0.6) is 5.75 Å². The normalized spacial score (nSPS) is 17.3. The van der Waals surface area contributed by atoms with Gasteiger partial charge in [0.15, 0.2) is 0 Å². The molecule has 0 amide bonds. The molecule has 4 heteroatoms. The minimum atomic E-state index is -0.493. The summed E-state index contributed by atoms with van der Waals surface area (Å²) in [5.74, 6) is 0.897. The summed E-state index contributed by atoms with van der Waals surface area (Å²) in [7, 11) is 0. The van der Waals surface area contributed by atoms with E-state index in [1.54, 1.807) is 6.33 Å². The first-order valence-electron chi connectivity index (χ1n) is 7.76. The number of H-pyrrole nitrogens is 1. The molecular formula is C18H22N2O2. The molecule has 0 fully saturated rings. The topological polar surface area (TPSA) is 55.0 Å². The number of carbonyl (C=O) groups excluding carboxylic acids is 1. The summed E-state index contributed by atoms with van der Waals surface area (Å²) in [6, 6.07) is 6.02. The summed E-state index contributed by atoms with van der Waals surface area (Å²) in [6.45, 7) is 5.59. The lowest BCUT2D eigenvalue weighted by molar-refractivity contribution is -0.143. The maximum absolute atomic E-state index is 12.0. The predicted octanol–water partition coefficient (Wildman–Crippen LogP) is 3.63. The molecule has 22 heavy (non-hydrogen) atoms. The molecule has 4 nitrogen and oxygen atoms in total. The van der Waals surface area contributed by atoms with Crippen molar-refractivity contribution in [2.75, 3.05) is 0 Å². The number of aromatic nitrogens is 2. The van der Waals surface area contributed by atoms with Gasteiger partial charge in [-0.15, -0.1) is 0 Å². The molecule has 1 aliphatic carbocycles. The molecule has 0 radical (unpaired) electrons. The molecule has 0 saturated carbocycles. The van der Waals surface area contributed by atoms with Crippen LogP contribution in [0.15, 0.2) is 30.7 Å². The fourth-order valence-corrected chi connectivity index (χ4v) is 2.86. The Bertz CT molecular complexity index is 669. The average molecular weight is 298 g/mol. The summed E-state index contributed by atoms with van der Waals surface area (Å²) < 4.78 is 5.53.